The van der Waals surface area contributed by atoms with E-state index in [4.69, 9.17) is 4.84 Å². The first-order valence-corrected chi connectivity index (χ1v) is 4.28. The summed E-state index contributed by atoms with van der Waals surface area (Å²) in [7, 11) is 0. The molecule has 0 aromatic rings. The van der Waals surface area contributed by atoms with E-state index in [0.29, 0.717) is 13.1 Å². The van der Waals surface area contributed by atoms with Gasteiger partial charge in [0, 0.05) is 0 Å². The molecule has 0 atom stereocenters. The number of hydrogen-bond acceptors (Lipinski definition) is 5. The first-order chi connectivity index (χ1) is 6.11. The fourth-order valence-electron chi connectivity index (χ4n) is 0.584. The minimum atomic E-state index is -0.671. The molecule has 0 aliphatic carbocycles. The number of amides is 1. The highest BCUT2D eigenvalue weighted by atomic mass is 32.2. The van der Waals surface area contributed by atoms with Crippen LogP contribution >= 0.6 is 25.6 Å². The quantitative estimate of drug-likeness (QED) is 0.420. The Morgan fingerprint density at radius 2 is 1.77 bits per heavy atom. The van der Waals surface area contributed by atoms with E-state index in [2.05, 4.69) is 38.8 Å². The molecule has 0 aliphatic heterocycles. The van der Waals surface area contributed by atoms with Crippen molar-refractivity contribution < 1.29 is 9.63 Å². The predicted octanol–water partition coefficient (Wildman–Crippen LogP) is 1.70. The molecule has 0 saturated carbocycles. The number of nitrogens with zero attached hydrogens (tertiary/aromatic N) is 2. The van der Waals surface area contributed by atoms with Crippen molar-refractivity contribution in [3.63, 3.8) is 0 Å². The van der Waals surface area contributed by atoms with Crippen molar-refractivity contribution in [3.8, 4) is 0 Å². The van der Waals surface area contributed by atoms with E-state index in [1.807, 2.05) is 0 Å². The lowest BCUT2D eigenvalue weighted by Gasteiger charge is -2.18. The van der Waals surface area contributed by atoms with Crippen LogP contribution in [0.1, 0.15) is 0 Å². The second-order valence-corrected chi connectivity index (χ2v) is 3.19. The Morgan fingerprint density at radius 3 is 2.08 bits per heavy atom. The van der Waals surface area contributed by atoms with Crippen molar-refractivity contribution in [1.82, 2.24) is 8.77 Å². The maximum atomic E-state index is 10.9. The Hall–Kier alpha value is -0.590. The maximum absolute atomic E-state index is 10.9. The topological polar surface area (TPSA) is 32.8 Å². The zero-order valence-corrected chi connectivity index (χ0v) is 8.88. The van der Waals surface area contributed by atoms with Crippen molar-refractivity contribution in [3.05, 3.63) is 25.3 Å². The summed E-state index contributed by atoms with van der Waals surface area (Å²) in [5.41, 5.74) is 0. The third-order valence-corrected chi connectivity index (χ3v) is 1.36. The number of thiol groups is 2. The van der Waals surface area contributed by atoms with Gasteiger partial charge in [-0.05, 0) is 25.6 Å². The molecule has 4 nitrogen and oxygen atoms in total. The van der Waals surface area contributed by atoms with Gasteiger partial charge in [0.05, 0.1) is 13.1 Å². The molecule has 1 amide bonds. The predicted molar refractivity (Wildman–Crippen MR) is 58.3 cm³/mol. The summed E-state index contributed by atoms with van der Waals surface area (Å²) in [6.07, 6.45) is 2.55. The van der Waals surface area contributed by atoms with E-state index in [1.165, 1.54) is 5.06 Å². The highest BCUT2D eigenvalue weighted by Gasteiger charge is 2.11. The van der Waals surface area contributed by atoms with Crippen molar-refractivity contribution >= 4 is 31.7 Å². The summed E-state index contributed by atoms with van der Waals surface area (Å²) >= 11 is 7.30. The second kappa shape index (κ2) is 6.88. The molecule has 0 aromatic heterocycles. The summed E-state index contributed by atoms with van der Waals surface area (Å²) < 4.78 is 0.749. The molecule has 0 N–H and O–H groups in total. The molecule has 0 saturated heterocycles. The summed E-state index contributed by atoms with van der Waals surface area (Å²) in [6.45, 7) is 7.88. The third-order valence-electron chi connectivity index (χ3n) is 1.04. The van der Waals surface area contributed by atoms with Gasteiger partial charge in [-0.25, -0.2) is 4.79 Å². The van der Waals surface area contributed by atoms with Crippen LogP contribution in [0.4, 0.5) is 4.79 Å². The minimum absolute atomic E-state index is 0.424. The van der Waals surface area contributed by atoms with Crippen LogP contribution in [0, 0.1) is 0 Å². The van der Waals surface area contributed by atoms with E-state index in [0.717, 1.165) is 3.71 Å². The molecular weight excluding hydrogens is 208 g/mol. The van der Waals surface area contributed by atoms with Crippen LogP contribution in [0.3, 0.4) is 0 Å². The van der Waals surface area contributed by atoms with Crippen LogP contribution in [-0.4, -0.2) is 28.0 Å². The zero-order chi connectivity index (χ0) is 10.3. The van der Waals surface area contributed by atoms with Gasteiger partial charge in [0.25, 0.3) is 0 Å². The molecule has 0 fully saturated rings. The Balaban J connectivity index is 3.99. The van der Waals surface area contributed by atoms with Gasteiger partial charge >= 0.3 is 6.09 Å². The van der Waals surface area contributed by atoms with Gasteiger partial charge < -0.3 is 4.84 Å². The molecule has 0 bridgehead atoms. The van der Waals surface area contributed by atoms with Gasteiger partial charge in [0.1, 0.15) is 0 Å². The van der Waals surface area contributed by atoms with Crippen LogP contribution in [-0.2, 0) is 4.84 Å². The normalized spacial score (nSPS) is 9.46. The van der Waals surface area contributed by atoms with Gasteiger partial charge in [-0.15, -0.1) is 18.2 Å². The molecule has 74 valence electrons. The standard InChI is InChI=1S/C7H12N2O2S2/c1-3-5-8(6-4-2)11-7(10)9(12)13/h3-4,12-13H,1-2,5-6H2. The van der Waals surface area contributed by atoms with Crippen molar-refractivity contribution in [2.24, 2.45) is 0 Å². The first kappa shape index (κ1) is 12.4. The number of rotatable bonds is 5. The van der Waals surface area contributed by atoms with Crippen molar-refractivity contribution in [2.45, 2.75) is 0 Å². The van der Waals surface area contributed by atoms with Crippen LogP contribution in [0.2, 0.25) is 0 Å². The smallest absolute Gasteiger partial charge is 0.349 e. The average Bonchev–Trinajstić information content (AvgIpc) is 2.05. The number of carbonyl (C=O) groups is 1. The minimum Gasteiger partial charge on any atom is -0.349 e. The molecule has 0 radical (unpaired) electrons. The van der Waals surface area contributed by atoms with Crippen LogP contribution in [0.5, 0.6) is 0 Å². The molecule has 0 aromatic carbocycles. The molecule has 0 aliphatic rings. The summed E-state index contributed by atoms with van der Waals surface area (Å²) in [6, 6.07) is 0. The van der Waals surface area contributed by atoms with E-state index in [9.17, 15) is 4.79 Å². The van der Waals surface area contributed by atoms with Gasteiger partial charge in [-0.3, -0.25) is 0 Å². The van der Waals surface area contributed by atoms with Gasteiger partial charge in [-0.1, -0.05) is 12.2 Å². The Labute approximate surface area is 88.9 Å². The molecule has 6 heteroatoms. The lowest BCUT2D eigenvalue weighted by atomic mass is 10.5. The molecular formula is C7H12N2O2S2. The first-order valence-electron chi connectivity index (χ1n) is 3.48. The van der Waals surface area contributed by atoms with Crippen LogP contribution < -0.4 is 0 Å². The summed E-state index contributed by atoms with van der Waals surface area (Å²) in [5, 5.41) is 1.38. The van der Waals surface area contributed by atoms with E-state index in [-0.39, 0.29) is 0 Å². The highest BCUT2D eigenvalue weighted by Crippen LogP contribution is 2.03. The van der Waals surface area contributed by atoms with Gasteiger partial charge in [-0.2, -0.15) is 3.71 Å². The fraction of sp³-hybridized carbons (Fsp3) is 0.286. The molecule has 0 spiro atoms. The lowest BCUT2D eigenvalue weighted by Crippen LogP contribution is -2.30. The monoisotopic (exact) mass is 220 g/mol. The molecule has 13 heavy (non-hydrogen) atoms. The molecule has 0 rings (SSSR count). The van der Waals surface area contributed by atoms with E-state index in [1.54, 1.807) is 12.2 Å². The Morgan fingerprint density at radius 1 is 1.31 bits per heavy atom. The number of hydroxylamine groups is 2. The van der Waals surface area contributed by atoms with Crippen molar-refractivity contribution in [2.75, 3.05) is 13.1 Å². The summed E-state index contributed by atoms with van der Waals surface area (Å²) in [5.74, 6) is 0. The second-order valence-electron chi connectivity index (χ2n) is 2.07. The fourth-order valence-corrected chi connectivity index (χ4v) is 0.657. The van der Waals surface area contributed by atoms with Crippen LogP contribution in [0.15, 0.2) is 25.3 Å². The highest BCUT2D eigenvalue weighted by molar-refractivity contribution is 7.94. The third kappa shape index (κ3) is 5.62. The average molecular weight is 220 g/mol. The van der Waals surface area contributed by atoms with Crippen LogP contribution in [0.25, 0.3) is 0 Å². The maximum Gasteiger partial charge on any atom is 0.449 e. The Kier molecular flexibility index (Phi) is 6.56. The molecule has 0 heterocycles. The van der Waals surface area contributed by atoms with E-state index < -0.39 is 6.09 Å². The van der Waals surface area contributed by atoms with E-state index >= 15 is 0 Å². The zero-order valence-electron chi connectivity index (χ0n) is 7.09. The Bertz CT molecular complexity index is 187. The summed E-state index contributed by atoms with van der Waals surface area (Å²) in [4.78, 5) is 15.8. The SMILES string of the molecule is C=CCN(CC=C)OC(=O)N(S)S. The number of carbonyl (C=O) groups excluding carboxylic acids is 1. The molecule has 0 unspecified atom stereocenters. The lowest BCUT2D eigenvalue weighted by molar-refractivity contribution is -0.0834. The van der Waals surface area contributed by atoms with Gasteiger partial charge in [0.15, 0.2) is 0 Å². The van der Waals surface area contributed by atoms with Gasteiger partial charge in [0.2, 0.25) is 0 Å². The largest absolute Gasteiger partial charge is 0.449 e. The van der Waals surface area contributed by atoms with Crippen molar-refractivity contribution in [1.29, 1.82) is 0 Å². The number of hydrogen-bond donors (Lipinski definition) is 2.